The van der Waals surface area contributed by atoms with E-state index in [4.69, 9.17) is 5.26 Å². The molecule has 1 heterocycles. The van der Waals surface area contributed by atoms with E-state index in [1.54, 1.807) is 0 Å². The Bertz CT molecular complexity index is 278. The summed E-state index contributed by atoms with van der Waals surface area (Å²) in [5, 5.41) is 8.57. The average molecular weight is 227 g/mol. The maximum atomic E-state index is 8.57. The van der Waals surface area contributed by atoms with E-state index in [1.807, 2.05) is 29.1 Å². The van der Waals surface area contributed by atoms with Gasteiger partial charge in [0.05, 0.1) is 0 Å². The molecule has 1 rings (SSSR count). The molecule has 0 saturated carbocycles. The second kappa shape index (κ2) is 5.73. The first-order chi connectivity index (χ1) is 5.36. The van der Waals surface area contributed by atoms with Crippen LogP contribution in [0.3, 0.4) is 0 Å². The standard InChI is InChI=1S/C9H11N2.BrH/c1-2-5-11-6-3-4-9(7-10)8-11;/h3-4,6,8H,2,5H2,1H3;1H/q+1;/p-1. The summed E-state index contributed by atoms with van der Waals surface area (Å²) in [6, 6.07) is 5.81. The molecule has 64 valence electrons. The molecule has 2 nitrogen and oxygen atoms in total. The normalized spacial score (nSPS) is 8.33. The maximum absolute atomic E-state index is 8.57. The van der Waals surface area contributed by atoms with Crippen molar-refractivity contribution in [3.8, 4) is 6.07 Å². The van der Waals surface area contributed by atoms with Crippen LogP contribution in [0.2, 0.25) is 0 Å². The van der Waals surface area contributed by atoms with E-state index < -0.39 is 0 Å². The van der Waals surface area contributed by atoms with Gasteiger partial charge in [-0.3, -0.25) is 0 Å². The van der Waals surface area contributed by atoms with Crippen LogP contribution < -0.4 is 21.5 Å². The van der Waals surface area contributed by atoms with Gasteiger partial charge in [0, 0.05) is 12.5 Å². The van der Waals surface area contributed by atoms with E-state index in [-0.39, 0.29) is 17.0 Å². The number of nitrogens with zero attached hydrogens (tertiary/aromatic N) is 2. The Morgan fingerprint density at radius 2 is 2.33 bits per heavy atom. The number of hydrogen-bond donors (Lipinski definition) is 0. The molecule has 1 aromatic heterocycles. The van der Waals surface area contributed by atoms with Crippen LogP contribution in [0.1, 0.15) is 18.9 Å². The van der Waals surface area contributed by atoms with Gasteiger partial charge in [-0.05, 0) is 6.07 Å². The van der Waals surface area contributed by atoms with Gasteiger partial charge in [-0.1, -0.05) is 6.92 Å². The zero-order valence-electron chi connectivity index (χ0n) is 7.00. The fourth-order valence-corrected chi connectivity index (χ4v) is 0.985. The van der Waals surface area contributed by atoms with Crippen LogP contribution >= 0.6 is 0 Å². The van der Waals surface area contributed by atoms with Crippen molar-refractivity contribution in [2.75, 3.05) is 0 Å². The second-order valence-electron chi connectivity index (χ2n) is 2.44. The van der Waals surface area contributed by atoms with Crippen molar-refractivity contribution in [2.24, 2.45) is 0 Å². The van der Waals surface area contributed by atoms with Crippen molar-refractivity contribution in [2.45, 2.75) is 19.9 Å². The maximum Gasteiger partial charge on any atom is 0.186 e. The summed E-state index contributed by atoms with van der Waals surface area (Å²) in [4.78, 5) is 0. The first-order valence-electron chi connectivity index (χ1n) is 3.76. The number of aryl methyl sites for hydroxylation is 1. The smallest absolute Gasteiger partial charge is 0.186 e. The topological polar surface area (TPSA) is 27.7 Å². The summed E-state index contributed by atoms with van der Waals surface area (Å²) >= 11 is 0. The van der Waals surface area contributed by atoms with E-state index in [0.29, 0.717) is 0 Å². The summed E-state index contributed by atoms with van der Waals surface area (Å²) in [5.41, 5.74) is 0.723. The highest BCUT2D eigenvalue weighted by Gasteiger charge is 1.98. The highest BCUT2D eigenvalue weighted by atomic mass is 79.9. The Kier molecular flexibility index (Phi) is 5.31. The van der Waals surface area contributed by atoms with Gasteiger partial charge in [-0.25, -0.2) is 4.57 Å². The van der Waals surface area contributed by atoms with Crippen LogP contribution in [-0.4, -0.2) is 0 Å². The van der Waals surface area contributed by atoms with Crippen molar-refractivity contribution in [1.29, 1.82) is 5.26 Å². The number of nitriles is 1. The lowest BCUT2D eigenvalue weighted by atomic mass is 10.3. The fraction of sp³-hybridized carbons (Fsp3) is 0.333. The molecular formula is C9H11BrN2. The van der Waals surface area contributed by atoms with Crippen LogP contribution in [0.25, 0.3) is 0 Å². The third kappa shape index (κ3) is 3.02. The Morgan fingerprint density at radius 3 is 2.92 bits per heavy atom. The largest absolute Gasteiger partial charge is 1.00 e. The van der Waals surface area contributed by atoms with Crippen molar-refractivity contribution in [3.63, 3.8) is 0 Å². The molecule has 1 aromatic rings. The van der Waals surface area contributed by atoms with Gasteiger partial charge in [0.25, 0.3) is 0 Å². The van der Waals surface area contributed by atoms with E-state index >= 15 is 0 Å². The summed E-state index contributed by atoms with van der Waals surface area (Å²) in [6.45, 7) is 3.10. The van der Waals surface area contributed by atoms with Crippen LogP contribution in [0.5, 0.6) is 0 Å². The van der Waals surface area contributed by atoms with E-state index in [1.165, 1.54) is 0 Å². The third-order valence-electron chi connectivity index (χ3n) is 1.47. The Hall–Kier alpha value is -0.880. The molecule has 0 aliphatic heterocycles. The zero-order chi connectivity index (χ0) is 8.10. The highest BCUT2D eigenvalue weighted by molar-refractivity contribution is 5.21. The monoisotopic (exact) mass is 226 g/mol. The van der Waals surface area contributed by atoms with E-state index in [0.717, 1.165) is 18.5 Å². The number of halogens is 1. The lowest BCUT2D eigenvalue weighted by Gasteiger charge is -1.91. The van der Waals surface area contributed by atoms with Gasteiger partial charge in [0.1, 0.15) is 18.2 Å². The highest BCUT2D eigenvalue weighted by Crippen LogP contribution is 1.90. The van der Waals surface area contributed by atoms with Crippen LogP contribution in [0, 0.1) is 11.3 Å². The van der Waals surface area contributed by atoms with E-state index in [2.05, 4.69) is 13.0 Å². The van der Waals surface area contributed by atoms with Gasteiger partial charge in [-0.2, -0.15) is 5.26 Å². The predicted molar refractivity (Wildman–Crippen MR) is 41.6 cm³/mol. The van der Waals surface area contributed by atoms with Crippen molar-refractivity contribution >= 4 is 0 Å². The van der Waals surface area contributed by atoms with Gasteiger partial charge in [0.15, 0.2) is 12.4 Å². The first-order valence-corrected chi connectivity index (χ1v) is 3.76. The van der Waals surface area contributed by atoms with Gasteiger partial charge < -0.3 is 17.0 Å². The second-order valence-corrected chi connectivity index (χ2v) is 2.44. The van der Waals surface area contributed by atoms with Crippen molar-refractivity contribution in [1.82, 2.24) is 0 Å². The molecule has 0 amide bonds. The quantitative estimate of drug-likeness (QED) is 0.551. The van der Waals surface area contributed by atoms with Gasteiger partial charge in [0.2, 0.25) is 0 Å². The minimum atomic E-state index is 0. The molecule has 0 N–H and O–H groups in total. The fourth-order valence-electron chi connectivity index (χ4n) is 0.985. The number of aromatic nitrogens is 1. The van der Waals surface area contributed by atoms with E-state index in [9.17, 15) is 0 Å². The molecule has 0 spiro atoms. The minimum Gasteiger partial charge on any atom is -1.00 e. The third-order valence-corrected chi connectivity index (χ3v) is 1.47. The molecule has 12 heavy (non-hydrogen) atoms. The molecule has 0 fully saturated rings. The lowest BCUT2D eigenvalue weighted by Crippen LogP contribution is -3.00. The lowest BCUT2D eigenvalue weighted by molar-refractivity contribution is -0.697. The van der Waals surface area contributed by atoms with Crippen molar-refractivity contribution in [3.05, 3.63) is 30.1 Å². The number of hydrogen-bond acceptors (Lipinski definition) is 1. The molecular weight excluding hydrogens is 216 g/mol. The van der Waals surface area contributed by atoms with Gasteiger partial charge >= 0.3 is 0 Å². The molecule has 0 aliphatic carbocycles. The Labute approximate surface area is 83.2 Å². The summed E-state index contributed by atoms with van der Waals surface area (Å²) in [6.07, 6.45) is 4.94. The summed E-state index contributed by atoms with van der Waals surface area (Å²) < 4.78 is 2.03. The Morgan fingerprint density at radius 1 is 1.58 bits per heavy atom. The molecule has 0 unspecified atom stereocenters. The van der Waals surface area contributed by atoms with Crippen LogP contribution in [-0.2, 0) is 6.54 Å². The summed E-state index contributed by atoms with van der Waals surface area (Å²) in [5.74, 6) is 0. The molecule has 0 atom stereocenters. The zero-order valence-corrected chi connectivity index (χ0v) is 8.58. The molecule has 0 radical (unpaired) electrons. The van der Waals surface area contributed by atoms with Gasteiger partial charge in [-0.15, -0.1) is 0 Å². The molecule has 0 aromatic carbocycles. The average Bonchev–Trinajstić information content (AvgIpc) is 2.06. The first kappa shape index (κ1) is 11.1. The molecule has 0 saturated heterocycles. The number of pyridine rings is 1. The summed E-state index contributed by atoms with van der Waals surface area (Å²) in [7, 11) is 0. The molecule has 3 heteroatoms. The number of rotatable bonds is 2. The van der Waals surface area contributed by atoms with Crippen molar-refractivity contribution < 1.29 is 21.5 Å². The Balaban J connectivity index is 0.00000121. The van der Waals surface area contributed by atoms with Crippen LogP contribution in [0.15, 0.2) is 24.5 Å². The predicted octanol–water partition coefficient (Wildman–Crippen LogP) is -1.74. The molecule has 0 aliphatic rings. The minimum absolute atomic E-state index is 0. The van der Waals surface area contributed by atoms with Crippen LogP contribution in [0.4, 0.5) is 0 Å². The molecule has 0 bridgehead atoms. The SMILES string of the molecule is CCC[n+]1cccc(C#N)c1.[Br-].